The molecule has 4 nitrogen and oxygen atoms in total. The predicted molar refractivity (Wildman–Crippen MR) is 77.0 cm³/mol. The van der Waals surface area contributed by atoms with Gasteiger partial charge in [-0.15, -0.1) is 0 Å². The summed E-state index contributed by atoms with van der Waals surface area (Å²) in [7, 11) is 0. The average molecular weight is 266 g/mol. The van der Waals surface area contributed by atoms with Crippen LogP contribution in [0.5, 0.6) is 11.5 Å². The molecular formula is C16H14N2O2. The maximum atomic E-state index is 9.65. The Morgan fingerprint density at radius 2 is 2.25 bits per heavy atom. The normalized spacial score (nSPS) is 10.9. The summed E-state index contributed by atoms with van der Waals surface area (Å²) in [6, 6.07) is 12.5. The predicted octanol–water partition coefficient (Wildman–Crippen LogP) is 3.25. The highest BCUT2D eigenvalue weighted by atomic mass is 16.5. The lowest BCUT2D eigenvalue weighted by Gasteiger charge is -2.06. The smallest absolute Gasteiger partial charge is 0.161 e. The number of phenols is 1. The van der Waals surface area contributed by atoms with E-state index in [2.05, 4.69) is 11.1 Å². The van der Waals surface area contributed by atoms with Crippen LogP contribution in [0, 0.1) is 11.3 Å². The van der Waals surface area contributed by atoms with E-state index < -0.39 is 0 Å². The van der Waals surface area contributed by atoms with Crippen LogP contribution in [0.15, 0.2) is 42.6 Å². The van der Waals surface area contributed by atoms with Crippen molar-refractivity contribution in [2.45, 2.75) is 6.92 Å². The fourth-order valence-corrected chi connectivity index (χ4v) is 1.74. The molecule has 0 radical (unpaired) electrons. The van der Waals surface area contributed by atoms with Crippen LogP contribution in [0.2, 0.25) is 0 Å². The Balaban J connectivity index is 2.38. The summed E-state index contributed by atoms with van der Waals surface area (Å²) in [5.74, 6) is 0.486. The summed E-state index contributed by atoms with van der Waals surface area (Å²) >= 11 is 0. The Morgan fingerprint density at radius 3 is 2.90 bits per heavy atom. The van der Waals surface area contributed by atoms with Gasteiger partial charge < -0.3 is 9.84 Å². The summed E-state index contributed by atoms with van der Waals surface area (Å²) in [6.45, 7) is 2.31. The van der Waals surface area contributed by atoms with Crippen molar-refractivity contribution in [1.82, 2.24) is 4.98 Å². The van der Waals surface area contributed by atoms with E-state index in [0.717, 1.165) is 5.56 Å². The summed E-state index contributed by atoms with van der Waals surface area (Å²) < 4.78 is 5.32. The molecule has 2 rings (SSSR count). The lowest BCUT2D eigenvalue weighted by molar-refractivity contribution is 0.318. The molecular weight excluding hydrogens is 252 g/mol. The van der Waals surface area contributed by atoms with Crippen molar-refractivity contribution in [2.24, 2.45) is 0 Å². The second-order valence-corrected chi connectivity index (χ2v) is 4.04. The van der Waals surface area contributed by atoms with Gasteiger partial charge in [0.15, 0.2) is 11.5 Å². The maximum absolute atomic E-state index is 9.65. The van der Waals surface area contributed by atoms with Crippen LogP contribution in [0.4, 0.5) is 0 Å². The van der Waals surface area contributed by atoms with Gasteiger partial charge in [-0.3, -0.25) is 4.98 Å². The van der Waals surface area contributed by atoms with Crippen LogP contribution < -0.4 is 4.74 Å². The minimum absolute atomic E-state index is 0.0837. The lowest BCUT2D eigenvalue weighted by Crippen LogP contribution is -1.92. The molecule has 0 saturated heterocycles. The molecule has 0 unspecified atom stereocenters. The molecule has 1 aromatic carbocycles. The Kier molecular flexibility index (Phi) is 4.35. The number of nitrogens with zero attached hydrogens (tertiary/aromatic N) is 2. The highest BCUT2D eigenvalue weighted by Gasteiger charge is 2.05. The van der Waals surface area contributed by atoms with Crippen molar-refractivity contribution in [1.29, 1.82) is 5.26 Å². The van der Waals surface area contributed by atoms with E-state index in [1.54, 1.807) is 42.6 Å². The van der Waals surface area contributed by atoms with Crippen molar-refractivity contribution in [3.05, 3.63) is 53.9 Å². The molecule has 0 aliphatic carbocycles. The molecule has 1 aromatic heterocycles. The third-order valence-corrected chi connectivity index (χ3v) is 2.66. The average Bonchev–Trinajstić information content (AvgIpc) is 2.49. The third kappa shape index (κ3) is 3.15. The molecule has 1 heterocycles. The highest BCUT2D eigenvalue weighted by molar-refractivity contribution is 5.88. The number of benzene rings is 1. The first-order valence-electron chi connectivity index (χ1n) is 6.23. The van der Waals surface area contributed by atoms with E-state index >= 15 is 0 Å². The largest absolute Gasteiger partial charge is 0.504 e. The molecule has 0 bridgehead atoms. The van der Waals surface area contributed by atoms with Gasteiger partial charge in [-0.2, -0.15) is 5.26 Å². The van der Waals surface area contributed by atoms with Gasteiger partial charge in [0.2, 0.25) is 0 Å². The summed E-state index contributed by atoms with van der Waals surface area (Å²) in [6.07, 6.45) is 3.35. The van der Waals surface area contributed by atoms with Crippen molar-refractivity contribution >= 4 is 11.6 Å². The van der Waals surface area contributed by atoms with Crippen molar-refractivity contribution in [3.8, 4) is 17.6 Å². The molecule has 0 amide bonds. The van der Waals surface area contributed by atoms with E-state index in [4.69, 9.17) is 4.74 Å². The Labute approximate surface area is 117 Å². The first-order chi connectivity index (χ1) is 9.74. The van der Waals surface area contributed by atoms with Gasteiger partial charge >= 0.3 is 0 Å². The topological polar surface area (TPSA) is 66.1 Å². The SMILES string of the molecule is CCOc1cc(C=C(C#N)c2ccccn2)ccc1O. The molecule has 0 aliphatic heterocycles. The molecule has 20 heavy (non-hydrogen) atoms. The van der Waals surface area contributed by atoms with Gasteiger partial charge in [-0.1, -0.05) is 12.1 Å². The molecule has 2 aromatic rings. The van der Waals surface area contributed by atoms with Crippen molar-refractivity contribution in [3.63, 3.8) is 0 Å². The molecule has 0 saturated carbocycles. The number of hydrogen-bond donors (Lipinski definition) is 1. The molecule has 4 heteroatoms. The van der Waals surface area contributed by atoms with Crippen LogP contribution >= 0.6 is 0 Å². The quantitative estimate of drug-likeness (QED) is 0.863. The van der Waals surface area contributed by atoms with E-state index in [1.165, 1.54) is 0 Å². The lowest BCUT2D eigenvalue weighted by atomic mass is 10.1. The van der Waals surface area contributed by atoms with Crippen LogP contribution in [0.1, 0.15) is 18.2 Å². The van der Waals surface area contributed by atoms with E-state index in [9.17, 15) is 10.4 Å². The number of phenolic OH excluding ortho intramolecular Hbond substituents is 1. The minimum Gasteiger partial charge on any atom is -0.504 e. The zero-order valence-corrected chi connectivity index (χ0v) is 11.1. The van der Waals surface area contributed by atoms with Gasteiger partial charge in [0.05, 0.1) is 17.9 Å². The number of allylic oxidation sites excluding steroid dienone is 1. The Bertz CT molecular complexity index is 658. The number of aromatic nitrogens is 1. The van der Waals surface area contributed by atoms with Gasteiger partial charge in [-0.05, 0) is 42.8 Å². The summed E-state index contributed by atoms with van der Waals surface area (Å²) in [4.78, 5) is 4.15. The molecule has 100 valence electrons. The van der Waals surface area contributed by atoms with E-state index in [1.807, 2.05) is 13.0 Å². The molecule has 0 fully saturated rings. The molecule has 0 atom stereocenters. The zero-order chi connectivity index (χ0) is 14.4. The van der Waals surface area contributed by atoms with Gasteiger partial charge in [0.25, 0.3) is 0 Å². The van der Waals surface area contributed by atoms with Crippen LogP contribution in [0.3, 0.4) is 0 Å². The van der Waals surface area contributed by atoms with Crippen molar-refractivity contribution < 1.29 is 9.84 Å². The van der Waals surface area contributed by atoms with Crippen LogP contribution in [-0.2, 0) is 0 Å². The summed E-state index contributed by atoms with van der Waals surface area (Å²) in [5, 5.41) is 18.9. The second-order valence-electron chi connectivity index (χ2n) is 4.04. The molecule has 0 spiro atoms. The van der Waals surface area contributed by atoms with Crippen LogP contribution in [-0.4, -0.2) is 16.7 Å². The number of ether oxygens (including phenoxy) is 1. The number of nitriles is 1. The first kappa shape index (κ1) is 13.6. The second kappa shape index (κ2) is 6.39. The first-order valence-corrected chi connectivity index (χ1v) is 6.23. The molecule has 1 N–H and O–H groups in total. The van der Waals surface area contributed by atoms with Gasteiger partial charge in [0, 0.05) is 6.20 Å². The van der Waals surface area contributed by atoms with E-state index in [0.29, 0.717) is 23.6 Å². The number of pyridine rings is 1. The van der Waals surface area contributed by atoms with Gasteiger partial charge in [-0.25, -0.2) is 0 Å². The summed E-state index contributed by atoms with van der Waals surface area (Å²) in [5.41, 5.74) is 1.84. The fourth-order valence-electron chi connectivity index (χ4n) is 1.74. The Morgan fingerprint density at radius 1 is 1.40 bits per heavy atom. The monoisotopic (exact) mass is 266 g/mol. The van der Waals surface area contributed by atoms with E-state index in [-0.39, 0.29) is 5.75 Å². The number of aromatic hydroxyl groups is 1. The standard InChI is InChI=1S/C16H14N2O2/c1-2-20-16-10-12(6-7-15(16)19)9-13(11-17)14-5-3-4-8-18-14/h3-10,19H,2H2,1H3. The van der Waals surface area contributed by atoms with Gasteiger partial charge in [0.1, 0.15) is 6.07 Å². The number of rotatable bonds is 4. The molecule has 0 aliphatic rings. The Hall–Kier alpha value is -2.80. The highest BCUT2D eigenvalue weighted by Crippen LogP contribution is 2.28. The third-order valence-electron chi connectivity index (χ3n) is 2.66. The maximum Gasteiger partial charge on any atom is 0.161 e. The minimum atomic E-state index is 0.0837. The van der Waals surface area contributed by atoms with Crippen molar-refractivity contribution in [2.75, 3.05) is 6.61 Å². The fraction of sp³-hybridized carbons (Fsp3) is 0.125. The van der Waals surface area contributed by atoms with Crippen LogP contribution in [0.25, 0.3) is 11.6 Å². The zero-order valence-electron chi connectivity index (χ0n) is 11.1. The number of hydrogen-bond acceptors (Lipinski definition) is 4.